The SMILES string of the molecule is Cc1cc(N2CCN(c3ncccn3)CC2)nc2ccc(NC(=O)C3CCC(C)CC3)cc12. The number of piperazine rings is 1. The fraction of sp³-hybridized carbons (Fsp3) is 0.462. The zero-order chi connectivity index (χ0) is 22.8. The van der Waals surface area contributed by atoms with Crippen LogP contribution in [-0.2, 0) is 4.79 Å². The van der Waals surface area contributed by atoms with Gasteiger partial charge in [0.05, 0.1) is 5.52 Å². The molecule has 0 spiro atoms. The van der Waals surface area contributed by atoms with Crippen LogP contribution >= 0.6 is 0 Å². The van der Waals surface area contributed by atoms with Crippen molar-refractivity contribution < 1.29 is 4.79 Å². The van der Waals surface area contributed by atoms with E-state index in [0.717, 1.165) is 86.1 Å². The summed E-state index contributed by atoms with van der Waals surface area (Å²) in [6.07, 6.45) is 7.86. The molecule has 2 aliphatic rings. The molecule has 33 heavy (non-hydrogen) atoms. The van der Waals surface area contributed by atoms with Crippen LogP contribution in [0.25, 0.3) is 10.9 Å². The molecule has 1 aliphatic heterocycles. The van der Waals surface area contributed by atoms with Crippen molar-refractivity contribution in [3.05, 3.63) is 48.3 Å². The summed E-state index contributed by atoms with van der Waals surface area (Å²) in [6, 6.07) is 10.1. The summed E-state index contributed by atoms with van der Waals surface area (Å²) in [4.78, 5) is 31.0. The van der Waals surface area contributed by atoms with E-state index >= 15 is 0 Å². The Hall–Kier alpha value is -3.22. The number of rotatable bonds is 4. The Morgan fingerprint density at radius 2 is 1.67 bits per heavy atom. The van der Waals surface area contributed by atoms with Gasteiger partial charge in [0.1, 0.15) is 5.82 Å². The van der Waals surface area contributed by atoms with Gasteiger partial charge in [0.15, 0.2) is 0 Å². The van der Waals surface area contributed by atoms with Gasteiger partial charge < -0.3 is 15.1 Å². The molecular weight excluding hydrogens is 412 g/mol. The molecule has 7 nitrogen and oxygen atoms in total. The number of benzene rings is 1. The van der Waals surface area contributed by atoms with Crippen molar-refractivity contribution in [2.75, 3.05) is 41.3 Å². The van der Waals surface area contributed by atoms with Crippen molar-refractivity contribution in [1.29, 1.82) is 0 Å². The third kappa shape index (κ3) is 4.77. The van der Waals surface area contributed by atoms with Crippen LogP contribution in [0, 0.1) is 18.8 Å². The second-order valence-electron chi connectivity index (χ2n) is 9.50. The summed E-state index contributed by atoms with van der Waals surface area (Å²) in [6.45, 7) is 7.89. The van der Waals surface area contributed by atoms with Crippen LogP contribution in [0.5, 0.6) is 0 Å². The van der Waals surface area contributed by atoms with Crippen molar-refractivity contribution in [1.82, 2.24) is 15.0 Å². The van der Waals surface area contributed by atoms with E-state index in [0.29, 0.717) is 0 Å². The molecule has 2 aromatic heterocycles. The number of amides is 1. The molecule has 7 heteroatoms. The number of aromatic nitrogens is 3. The van der Waals surface area contributed by atoms with Crippen LogP contribution < -0.4 is 15.1 Å². The average Bonchev–Trinajstić information content (AvgIpc) is 2.85. The zero-order valence-electron chi connectivity index (χ0n) is 19.5. The first kappa shape index (κ1) is 21.6. The second-order valence-corrected chi connectivity index (χ2v) is 9.50. The lowest BCUT2D eigenvalue weighted by Crippen LogP contribution is -2.47. The minimum absolute atomic E-state index is 0.137. The van der Waals surface area contributed by atoms with E-state index in [9.17, 15) is 4.79 Å². The van der Waals surface area contributed by atoms with E-state index in [1.807, 2.05) is 18.2 Å². The van der Waals surface area contributed by atoms with Gasteiger partial charge in [-0.05, 0) is 74.4 Å². The average molecular weight is 445 g/mol. The van der Waals surface area contributed by atoms with Gasteiger partial charge in [0.2, 0.25) is 11.9 Å². The Morgan fingerprint density at radius 3 is 2.39 bits per heavy atom. The van der Waals surface area contributed by atoms with Crippen molar-refractivity contribution in [2.45, 2.75) is 39.5 Å². The Morgan fingerprint density at radius 1 is 0.970 bits per heavy atom. The Kier molecular flexibility index (Phi) is 6.11. The van der Waals surface area contributed by atoms with Crippen LogP contribution in [0.1, 0.15) is 38.2 Å². The molecule has 1 amide bonds. The van der Waals surface area contributed by atoms with E-state index in [1.54, 1.807) is 12.4 Å². The number of hydrogen-bond acceptors (Lipinski definition) is 6. The second kappa shape index (κ2) is 9.33. The third-order valence-electron chi connectivity index (χ3n) is 7.09. The number of hydrogen-bond donors (Lipinski definition) is 1. The lowest BCUT2D eigenvalue weighted by atomic mass is 9.82. The van der Waals surface area contributed by atoms with Crippen LogP contribution in [0.15, 0.2) is 42.7 Å². The molecule has 5 rings (SSSR count). The number of aryl methyl sites for hydroxylation is 1. The quantitative estimate of drug-likeness (QED) is 0.642. The molecule has 1 aromatic carbocycles. The summed E-state index contributed by atoms with van der Waals surface area (Å²) in [5.41, 5.74) is 3.00. The Balaban J connectivity index is 1.27. The fourth-order valence-electron chi connectivity index (χ4n) is 4.97. The van der Waals surface area contributed by atoms with Gasteiger partial charge >= 0.3 is 0 Å². The zero-order valence-corrected chi connectivity index (χ0v) is 19.5. The van der Waals surface area contributed by atoms with Crippen LogP contribution in [0.2, 0.25) is 0 Å². The lowest BCUT2D eigenvalue weighted by molar-refractivity contribution is -0.121. The number of carbonyl (C=O) groups is 1. The summed E-state index contributed by atoms with van der Waals surface area (Å²) >= 11 is 0. The number of pyridine rings is 1. The molecule has 1 saturated heterocycles. The highest BCUT2D eigenvalue weighted by atomic mass is 16.1. The van der Waals surface area contributed by atoms with E-state index in [-0.39, 0.29) is 11.8 Å². The van der Waals surface area contributed by atoms with E-state index in [2.05, 4.69) is 51.1 Å². The maximum Gasteiger partial charge on any atom is 0.227 e. The third-order valence-corrected chi connectivity index (χ3v) is 7.09. The fourth-order valence-corrected chi connectivity index (χ4v) is 4.97. The van der Waals surface area contributed by atoms with Crippen LogP contribution in [0.3, 0.4) is 0 Å². The van der Waals surface area contributed by atoms with Gasteiger partial charge in [-0.2, -0.15) is 0 Å². The molecule has 2 fully saturated rings. The number of anilines is 3. The number of nitrogens with one attached hydrogen (secondary N) is 1. The van der Waals surface area contributed by atoms with Gasteiger partial charge in [0.25, 0.3) is 0 Å². The molecule has 172 valence electrons. The molecule has 3 heterocycles. The summed E-state index contributed by atoms with van der Waals surface area (Å²) < 4.78 is 0. The maximum atomic E-state index is 12.7. The summed E-state index contributed by atoms with van der Waals surface area (Å²) in [5.74, 6) is 2.83. The van der Waals surface area contributed by atoms with Crippen molar-refractivity contribution in [3.63, 3.8) is 0 Å². The van der Waals surface area contributed by atoms with Gasteiger partial charge in [0, 0.05) is 55.6 Å². The molecule has 3 aromatic rings. The van der Waals surface area contributed by atoms with Crippen molar-refractivity contribution >= 4 is 34.3 Å². The van der Waals surface area contributed by atoms with Crippen LogP contribution in [-0.4, -0.2) is 47.0 Å². The molecule has 1 aliphatic carbocycles. The predicted molar refractivity (Wildman–Crippen MR) is 133 cm³/mol. The van der Waals surface area contributed by atoms with E-state index < -0.39 is 0 Å². The predicted octanol–water partition coefficient (Wildman–Crippen LogP) is 4.42. The molecule has 0 radical (unpaired) electrons. The van der Waals surface area contributed by atoms with Crippen molar-refractivity contribution in [3.8, 4) is 0 Å². The first-order valence-corrected chi connectivity index (χ1v) is 12.1. The Labute approximate surface area is 195 Å². The van der Waals surface area contributed by atoms with Gasteiger partial charge in [-0.1, -0.05) is 6.92 Å². The van der Waals surface area contributed by atoms with Gasteiger partial charge in [-0.15, -0.1) is 0 Å². The van der Waals surface area contributed by atoms with E-state index in [4.69, 9.17) is 4.98 Å². The molecule has 0 bridgehead atoms. The minimum atomic E-state index is 0.137. The lowest BCUT2D eigenvalue weighted by Gasteiger charge is -2.35. The normalized spacial score (nSPS) is 21.3. The topological polar surface area (TPSA) is 74.2 Å². The summed E-state index contributed by atoms with van der Waals surface area (Å²) in [5, 5.41) is 4.24. The van der Waals surface area contributed by atoms with Gasteiger partial charge in [-0.25, -0.2) is 15.0 Å². The first-order chi connectivity index (χ1) is 16.1. The first-order valence-electron chi connectivity index (χ1n) is 12.1. The molecule has 0 unspecified atom stereocenters. The maximum absolute atomic E-state index is 12.7. The molecule has 1 N–H and O–H groups in total. The molecular formula is C26H32N6O. The number of carbonyl (C=O) groups excluding carboxylic acids is 1. The smallest absolute Gasteiger partial charge is 0.227 e. The van der Waals surface area contributed by atoms with Crippen molar-refractivity contribution in [2.24, 2.45) is 11.8 Å². The van der Waals surface area contributed by atoms with Gasteiger partial charge in [-0.3, -0.25) is 4.79 Å². The highest BCUT2D eigenvalue weighted by Crippen LogP contribution is 2.30. The highest BCUT2D eigenvalue weighted by molar-refractivity contribution is 5.96. The monoisotopic (exact) mass is 444 g/mol. The van der Waals surface area contributed by atoms with Crippen LogP contribution in [0.4, 0.5) is 17.5 Å². The Bertz CT molecular complexity index is 1120. The highest BCUT2D eigenvalue weighted by Gasteiger charge is 2.24. The largest absolute Gasteiger partial charge is 0.353 e. The molecule has 0 atom stereocenters. The molecule has 1 saturated carbocycles. The number of fused-ring (bicyclic) bond motifs is 1. The minimum Gasteiger partial charge on any atom is -0.353 e. The summed E-state index contributed by atoms with van der Waals surface area (Å²) in [7, 11) is 0. The standard InChI is InChI=1S/C26H32N6O/c1-18-4-6-20(7-5-18)25(33)29-21-8-9-23-22(17-21)19(2)16-24(30-23)31-12-14-32(15-13-31)26-27-10-3-11-28-26/h3,8-11,16-18,20H,4-7,12-15H2,1-2H3,(H,29,33). The van der Waals surface area contributed by atoms with E-state index in [1.165, 1.54) is 5.56 Å². The number of nitrogens with zero attached hydrogens (tertiary/aromatic N) is 5.